The highest BCUT2D eigenvalue weighted by Crippen LogP contribution is 2.39. The SMILES string of the molecule is Cc1ccc(CN2CC[C@@]3(CCCN(Cc4nccs4)C3)C2)o1. The predicted molar refractivity (Wildman–Crippen MR) is 92.4 cm³/mol. The maximum Gasteiger partial charge on any atom is 0.118 e. The summed E-state index contributed by atoms with van der Waals surface area (Å²) >= 11 is 1.78. The lowest BCUT2D eigenvalue weighted by molar-refractivity contribution is 0.0857. The highest BCUT2D eigenvalue weighted by Gasteiger charge is 2.41. The Balaban J connectivity index is 1.36. The smallest absolute Gasteiger partial charge is 0.118 e. The van der Waals surface area contributed by atoms with Crippen molar-refractivity contribution in [2.75, 3.05) is 26.2 Å². The first-order chi connectivity index (χ1) is 11.2. The topological polar surface area (TPSA) is 32.5 Å². The lowest BCUT2D eigenvalue weighted by atomic mass is 9.79. The van der Waals surface area contributed by atoms with E-state index in [-0.39, 0.29) is 0 Å². The van der Waals surface area contributed by atoms with Crippen molar-refractivity contribution in [1.82, 2.24) is 14.8 Å². The van der Waals surface area contributed by atoms with E-state index in [9.17, 15) is 0 Å². The molecule has 23 heavy (non-hydrogen) atoms. The summed E-state index contributed by atoms with van der Waals surface area (Å²) in [6.45, 7) is 8.86. The third-order valence-corrected chi connectivity index (χ3v) is 6.04. The number of thiazole rings is 1. The number of aryl methyl sites for hydroxylation is 1. The van der Waals surface area contributed by atoms with Gasteiger partial charge in [-0.1, -0.05) is 0 Å². The number of hydrogen-bond acceptors (Lipinski definition) is 5. The summed E-state index contributed by atoms with van der Waals surface area (Å²) in [5, 5.41) is 3.33. The van der Waals surface area contributed by atoms with Gasteiger partial charge < -0.3 is 4.42 Å². The van der Waals surface area contributed by atoms with E-state index in [0.29, 0.717) is 5.41 Å². The zero-order valence-corrected chi connectivity index (χ0v) is 14.6. The molecule has 0 aromatic carbocycles. The minimum atomic E-state index is 0.483. The van der Waals surface area contributed by atoms with E-state index < -0.39 is 0 Å². The monoisotopic (exact) mass is 331 g/mol. The fourth-order valence-electron chi connectivity index (χ4n) is 4.25. The number of nitrogens with zero attached hydrogens (tertiary/aromatic N) is 3. The van der Waals surface area contributed by atoms with E-state index in [1.165, 1.54) is 50.4 Å². The summed E-state index contributed by atoms with van der Waals surface area (Å²) < 4.78 is 5.75. The molecule has 2 aliphatic heterocycles. The molecule has 1 spiro atoms. The van der Waals surface area contributed by atoms with Crippen LogP contribution in [0.15, 0.2) is 28.1 Å². The van der Waals surface area contributed by atoms with Crippen LogP contribution in [-0.4, -0.2) is 41.0 Å². The molecule has 0 bridgehead atoms. The van der Waals surface area contributed by atoms with E-state index in [4.69, 9.17) is 4.42 Å². The first kappa shape index (κ1) is 15.4. The van der Waals surface area contributed by atoms with Gasteiger partial charge in [-0.15, -0.1) is 11.3 Å². The number of rotatable bonds is 4. The number of piperidine rings is 1. The second-order valence-corrected chi connectivity index (χ2v) is 8.19. The largest absolute Gasteiger partial charge is 0.465 e. The molecular formula is C18H25N3OS. The highest BCUT2D eigenvalue weighted by molar-refractivity contribution is 7.09. The predicted octanol–water partition coefficient (Wildman–Crippen LogP) is 3.53. The van der Waals surface area contributed by atoms with Gasteiger partial charge in [-0.3, -0.25) is 9.80 Å². The molecule has 0 unspecified atom stereocenters. The maximum atomic E-state index is 5.75. The van der Waals surface area contributed by atoms with E-state index in [1.54, 1.807) is 11.3 Å². The summed E-state index contributed by atoms with van der Waals surface area (Å²) in [6.07, 6.45) is 5.93. The Labute approximate surface area is 142 Å². The Morgan fingerprint density at radius 3 is 2.78 bits per heavy atom. The molecule has 4 heterocycles. The molecule has 2 aromatic heterocycles. The summed E-state index contributed by atoms with van der Waals surface area (Å²) in [4.78, 5) is 9.64. The standard InChI is InChI=1S/C18H25N3OS/c1-15-3-4-16(22-15)11-21-9-6-18(14-21)5-2-8-20(13-18)12-17-19-7-10-23-17/h3-4,7,10H,2,5-6,8-9,11-14H2,1H3/t18-/m1/s1. The van der Waals surface area contributed by atoms with Gasteiger partial charge in [-0.05, 0) is 56.8 Å². The van der Waals surface area contributed by atoms with Crippen LogP contribution in [0.25, 0.3) is 0 Å². The molecule has 2 aliphatic rings. The van der Waals surface area contributed by atoms with Crippen molar-refractivity contribution in [2.24, 2.45) is 5.41 Å². The number of likely N-dealkylation sites (tertiary alicyclic amines) is 2. The van der Waals surface area contributed by atoms with Crippen molar-refractivity contribution in [2.45, 2.75) is 39.3 Å². The van der Waals surface area contributed by atoms with Gasteiger partial charge >= 0.3 is 0 Å². The molecule has 2 saturated heterocycles. The molecule has 0 N–H and O–H groups in total. The molecule has 4 rings (SSSR count). The Morgan fingerprint density at radius 2 is 2.04 bits per heavy atom. The molecule has 0 radical (unpaired) electrons. The minimum Gasteiger partial charge on any atom is -0.465 e. The third-order valence-electron chi connectivity index (χ3n) is 5.28. The van der Waals surface area contributed by atoms with Crippen LogP contribution in [0.4, 0.5) is 0 Å². The molecule has 2 aromatic rings. The van der Waals surface area contributed by atoms with Crippen LogP contribution in [0.2, 0.25) is 0 Å². The average molecular weight is 331 g/mol. The first-order valence-corrected chi connectivity index (χ1v) is 9.47. The van der Waals surface area contributed by atoms with E-state index in [2.05, 4.69) is 32.3 Å². The van der Waals surface area contributed by atoms with Gasteiger partial charge in [0.2, 0.25) is 0 Å². The Kier molecular flexibility index (Phi) is 4.26. The second-order valence-electron chi connectivity index (χ2n) is 7.21. The van der Waals surface area contributed by atoms with Crippen LogP contribution < -0.4 is 0 Å². The lowest BCUT2D eigenvalue weighted by Crippen LogP contribution is -2.44. The van der Waals surface area contributed by atoms with Crippen LogP contribution in [0.1, 0.15) is 35.8 Å². The minimum absolute atomic E-state index is 0.483. The fraction of sp³-hybridized carbons (Fsp3) is 0.611. The fourth-order valence-corrected chi connectivity index (χ4v) is 4.91. The molecule has 0 saturated carbocycles. The molecule has 0 amide bonds. The van der Waals surface area contributed by atoms with E-state index >= 15 is 0 Å². The summed E-state index contributed by atoms with van der Waals surface area (Å²) in [5.74, 6) is 2.12. The van der Waals surface area contributed by atoms with Crippen molar-refractivity contribution >= 4 is 11.3 Å². The average Bonchev–Trinajstić information content (AvgIpc) is 3.24. The van der Waals surface area contributed by atoms with Gasteiger partial charge in [0.05, 0.1) is 13.1 Å². The van der Waals surface area contributed by atoms with Crippen molar-refractivity contribution < 1.29 is 4.42 Å². The van der Waals surface area contributed by atoms with Crippen molar-refractivity contribution in [3.8, 4) is 0 Å². The molecular weight excluding hydrogens is 306 g/mol. The Bertz CT molecular complexity index is 638. The quantitative estimate of drug-likeness (QED) is 0.858. The van der Waals surface area contributed by atoms with Gasteiger partial charge in [0.25, 0.3) is 0 Å². The van der Waals surface area contributed by atoms with Crippen LogP contribution in [0.3, 0.4) is 0 Å². The second kappa shape index (κ2) is 6.38. The Hall–Kier alpha value is -1.17. The van der Waals surface area contributed by atoms with E-state index in [0.717, 1.165) is 24.6 Å². The molecule has 5 heteroatoms. The third kappa shape index (κ3) is 3.52. The summed E-state index contributed by atoms with van der Waals surface area (Å²) in [7, 11) is 0. The zero-order valence-electron chi connectivity index (χ0n) is 13.8. The summed E-state index contributed by atoms with van der Waals surface area (Å²) in [5.41, 5.74) is 0.483. The lowest BCUT2D eigenvalue weighted by Gasteiger charge is -2.40. The van der Waals surface area contributed by atoms with Gasteiger partial charge in [-0.25, -0.2) is 4.98 Å². The normalized spacial score (nSPS) is 26.3. The zero-order chi connectivity index (χ0) is 15.7. The van der Waals surface area contributed by atoms with Gasteiger partial charge in [0.1, 0.15) is 16.5 Å². The van der Waals surface area contributed by atoms with Gasteiger partial charge in [0.15, 0.2) is 0 Å². The molecule has 4 nitrogen and oxygen atoms in total. The van der Waals surface area contributed by atoms with Crippen molar-refractivity contribution in [1.29, 1.82) is 0 Å². The number of aromatic nitrogens is 1. The van der Waals surface area contributed by atoms with Crippen LogP contribution >= 0.6 is 11.3 Å². The van der Waals surface area contributed by atoms with E-state index in [1.807, 2.05) is 13.1 Å². The van der Waals surface area contributed by atoms with Gasteiger partial charge in [-0.2, -0.15) is 0 Å². The van der Waals surface area contributed by atoms with Crippen LogP contribution in [0, 0.1) is 12.3 Å². The van der Waals surface area contributed by atoms with Crippen molar-refractivity contribution in [3.63, 3.8) is 0 Å². The Morgan fingerprint density at radius 1 is 1.17 bits per heavy atom. The van der Waals surface area contributed by atoms with Gasteiger partial charge in [0, 0.05) is 24.7 Å². The van der Waals surface area contributed by atoms with Crippen molar-refractivity contribution in [3.05, 3.63) is 40.2 Å². The first-order valence-electron chi connectivity index (χ1n) is 8.59. The molecule has 2 fully saturated rings. The number of furan rings is 1. The number of hydrogen-bond donors (Lipinski definition) is 0. The molecule has 0 aliphatic carbocycles. The summed E-state index contributed by atoms with van der Waals surface area (Å²) in [6, 6.07) is 4.19. The maximum absolute atomic E-state index is 5.75. The van der Waals surface area contributed by atoms with Crippen LogP contribution in [-0.2, 0) is 13.1 Å². The molecule has 124 valence electrons. The van der Waals surface area contributed by atoms with Crippen LogP contribution in [0.5, 0.6) is 0 Å². The molecule has 1 atom stereocenters. The highest BCUT2D eigenvalue weighted by atomic mass is 32.1.